The van der Waals surface area contributed by atoms with Crippen LogP contribution in [-0.2, 0) is 14.3 Å². The molecular formula is C16H16F2N4O3S. The van der Waals surface area contributed by atoms with Gasteiger partial charge in [0.15, 0.2) is 6.61 Å². The first-order valence-corrected chi connectivity index (χ1v) is 8.31. The van der Waals surface area contributed by atoms with Crippen molar-refractivity contribution in [2.75, 3.05) is 30.4 Å². The van der Waals surface area contributed by atoms with Gasteiger partial charge < -0.3 is 15.0 Å². The third-order valence-corrected chi connectivity index (χ3v) is 3.79. The Balaban J connectivity index is 1.82. The van der Waals surface area contributed by atoms with E-state index >= 15 is 0 Å². The number of amides is 1. The molecule has 0 aliphatic rings. The lowest BCUT2D eigenvalue weighted by atomic mass is 10.3. The summed E-state index contributed by atoms with van der Waals surface area (Å²) >= 11 is 0.321. The molecule has 0 bridgehead atoms. The lowest BCUT2D eigenvalue weighted by Crippen LogP contribution is -2.30. The maximum Gasteiger partial charge on any atom is 0.326 e. The molecule has 1 aromatic heterocycles. The summed E-state index contributed by atoms with van der Waals surface area (Å²) in [7, 11) is 1.61. The van der Waals surface area contributed by atoms with Crippen LogP contribution < -0.4 is 10.2 Å². The van der Waals surface area contributed by atoms with Gasteiger partial charge in [-0.05, 0) is 18.2 Å². The Bertz CT molecular complexity index is 749. The molecule has 0 atom stereocenters. The maximum atomic E-state index is 12.5. The number of nitrogens with zero attached hydrogens (tertiary/aromatic N) is 3. The van der Waals surface area contributed by atoms with Crippen LogP contribution in [0.25, 0.3) is 0 Å². The molecule has 0 aliphatic heterocycles. The van der Waals surface area contributed by atoms with Crippen molar-refractivity contribution >= 4 is 35.3 Å². The molecule has 1 aromatic carbocycles. The molecule has 0 saturated heterocycles. The fourth-order valence-electron chi connectivity index (χ4n) is 1.90. The quantitative estimate of drug-likeness (QED) is 0.554. The summed E-state index contributed by atoms with van der Waals surface area (Å²) in [5.41, 5.74) is 0.230. The molecule has 0 radical (unpaired) electrons. The van der Waals surface area contributed by atoms with Gasteiger partial charge in [0.25, 0.3) is 11.7 Å². The first kappa shape index (κ1) is 19.6. The summed E-state index contributed by atoms with van der Waals surface area (Å²) in [4.78, 5) is 33.3. The lowest BCUT2D eigenvalue weighted by Gasteiger charge is -2.15. The van der Waals surface area contributed by atoms with Gasteiger partial charge in [-0.3, -0.25) is 9.59 Å². The third kappa shape index (κ3) is 6.28. The number of carbonyl (C=O) groups excluding carboxylic acids is 2. The summed E-state index contributed by atoms with van der Waals surface area (Å²) in [5, 5.41) is 2.45. The number of hydrogen-bond acceptors (Lipinski definition) is 7. The second-order valence-electron chi connectivity index (χ2n) is 4.99. The van der Waals surface area contributed by atoms with Crippen LogP contribution in [0, 0.1) is 0 Å². The monoisotopic (exact) mass is 382 g/mol. The van der Waals surface area contributed by atoms with Gasteiger partial charge in [-0.15, -0.1) is 0 Å². The molecule has 2 rings (SSSR count). The SMILES string of the molecule is CN(CC(=O)OCC(=O)Nc1ccccc1SC(F)F)c1ncccn1. The topological polar surface area (TPSA) is 84.4 Å². The second-order valence-corrected chi connectivity index (χ2v) is 6.02. The molecule has 0 spiro atoms. The van der Waals surface area contributed by atoms with Crippen LogP contribution in [-0.4, -0.2) is 47.8 Å². The fraction of sp³-hybridized carbons (Fsp3) is 0.250. The number of likely N-dealkylation sites (N-methyl/N-ethyl adjacent to an activating group) is 1. The molecular weight excluding hydrogens is 366 g/mol. The highest BCUT2D eigenvalue weighted by atomic mass is 32.2. The van der Waals surface area contributed by atoms with Crippen molar-refractivity contribution in [3.05, 3.63) is 42.7 Å². The van der Waals surface area contributed by atoms with E-state index in [9.17, 15) is 18.4 Å². The second kappa shape index (κ2) is 9.66. The van der Waals surface area contributed by atoms with Gasteiger partial charge in [0, 0.05) is 24.3 Å². The van der Waals surface area contributed by atoms with E-state index < -0.39 is 24.2 Å². The number of para-hydroxylation sites is 1. The Labute approximate surface area is 152 Å². The highest BCUT2D eigenvalue weighted by Crippen LogP contribution is 2.31. The molecule has 1 amide bonds. The predicted octanol–water partition coefficient (Wildman–Crippen LogP) is 2.41. The van der Waals surface area contributed by atoms with Gasteiger partial charge in [-0.25, -0.2) is 9.97 Å². The molecule has 0 saturated carbocycles. The normalized spacial score (nSPS) is 10.5. The highest BCUT2D eigenvalue weighted by Gasteiger charge is 2.14. The largest absolute Gasteiger partial charge is 0.454 e. The smallest absolute Gasteiger partial charge is 0.326 e. The minimum atomic E-state index is -2.61. The van der Waals surface area contributed by atoms with Gasteiger partial charge in [0.05, 0.1) is 5.69 Å². The number of carbonyl (C=O) groups is 2. The van der Waals surface area contributed by atoms with Crippen molar-refractivity contribution < 1.29 is 23.1 Å². The van der Waals surface area contributed by atoms with E-state index in [1.54, 1.807) is 25.2 Å². The van der Waals surface area contributed by atoms with Crippen LogP contribution in [0.2, 0.25) is 0 Å². The molecule has 10 heteroatoms. The summed E-state index contributed by atoms with van der Waals surface area (Å²) in [6.07, 6.45) is 3.07. The van der Waals surface area contributed by atoms with Crippen molar-refractivity contribution in [3.63, 3.8) is 0 Å². The molecule has 0 unspecified atom stereocenters. The molecule has 2 aromatic rings. The Morgan fingerprint density at radius 3 is 2.62 bits per heavy atom. The fourth-order valence-corrected chi connectivity index (χ4v) is 2.49. The molecule has 26 heavy (non-hydrogen) atoms. The van der Waals surface area contributed by atoms with E-state index in [1.165, 1.54) is 29.4 Å². The summed E-state index contributed by atoms with van der Waals surface area (Å²) in [6.45, 7) is -0.675. The van der Waals surface area contributed by atoms with Crippen LogP contribution in [0.3, 0.4) is 0 Å². The van der Waals surface area contributed by atoms with Crippen molar-refractivity contribution in [2.24, 2.45) is 0 Å². The number of rotatable bonds is 8. The average Bonchev–Trinajstić information content (AvgIpc) is 2.62. The van der Waals surface area contributed by atoms with Gasteiger partial charge in [-0.2, -0.15) is 8.78 Å². The Hall–Kier alpha value is -2.75. The number of benzene rings is 1. The van der Waals surface area contributed by atoms with Gasteiger partial charge in [-0.1, -0.05) is 23.9 Å². The Morgan fingerprint density at radius 2 is 1.92 bits per heavy atom. The van der Waals surface area contributed by atoms with E-state index in [-0.39, 0.29) is 17.1 Å². The van der Waals surface area contributed by atoms with Gasteiger partial charge >= 0.3 is 5.97 Å². The molecule has 1 N–H and O–H groups in total. The van der Waals surface area contributed by atoms with Gasteiger partial charge in [0.2, 0.25) is 5.95 Å². The number of aromatic nitrogens is 2. The number of thioether (sulfide) groups is 1. The third-order valence-electron chi connectivity index (χ3n) is 3.00. The zero-order chi connectivity index (χ0) is 18.9. The number of nitrogens with one attached hydrogen (secondary N) is 1. The van der Waals surface area contributed by atoms with Crippen LogP contribution in [0.1, 0.15) is 0 Å². The van der Waals surface area contributed by atoms with Crippen molar-refractivity contribution in [1.82, 2.24) is 9.97 Å². The van der Waals surface area contributed by atoms with Crippen molar-refractivity contribution in [3.8, 4) is 0 Å². The number of hydrogen-bond donors (Lipinski definition) is 1. The average molecular weight is 382 g/mol. The molecule has 7 nitrogen and oxygen atoms in total. The Morgan fingerprint density at radius 1 is 1.23 bits per heavy atom. The first-order valence-electron chi connectivity index (χ1n) is 7.43. The molecule has 0 aliphatic carbocycles. The number of ether oxygens (including phenoxy) is 1. The van der Waals surface area contributed by atoms with Crippen LogP contribution in [0.15, 0.2) is 47.6 Å². The van der Waals surface area contributed by atoms with Crippen LogP contribution in [0.5, 0.6) is 0 Å². The van der Waals surface area contributed by atoms with Crippen LogP contribution in [0.4, 0.5) is 20.4 Å². The molecule has 1 heterocycles. The Kier molecular flexibility index (Phi) is 7.27. The molecule has 0 fully saturated rings. The van der Waals surface area contributed by atoms with Crippen LogP contribution >= 0.6 is 11.8 Å². The number of esters is 1. The lowest BCUT2D eigenvalue weighted by molar-refractivity contribution is -0.145. The van der Waals surface area contributed by atoms with E-state index in [0.717, 1.165) is 0 Å². The standard InChI is InChI=1S/C16H16F2N4O3S/c1-22(16-19-7-4-8-20-16)9-14(24)25-10-13(23)21-11-5-2-3-6-12(11)26-15(17)18/h2-8,15H,9-10H2,1H3,(H,21,23). The zero-order valence-corrected chi connectivity index (χ0v) is 14.6. The predicted molar refractivity (Wildman–Crippen MR) is 93.2 cm³/mol. The van der Waals surface area contributed by atoms with Gasteiger partial charge in [0.1, 0.15) is 6.54 Å². The maximum absolute atomic E-state index is 12.5. The number of alkyl halides is 2. The summed E-state index contributed by atoms with van der Waals surface area (Å²) in [5.74, 6) is -3.54. The van der Waals surface area contributed by atoms with E-state index in [4.69, 9.17) is 4.74 Å². The molecule has 138 valence electrons. The van der Waals surface area contributed by atoms with E-state index in [2.05, 4.69) is 15.3 Å². The summed E-state index contributed by atoms with van der Waals surface area (Å²) < 4.78 is 29.9. The minimum absolute atomic E-state index is 0.144. The van der Waals surface area contributed by atoms with E-state index in [0.29, 0.717) is 17.7 Å². The number of anilines is 2. The highest BCUT2D eigenvalue weighted by molar-refractivity contribution is 7.99. The first-order chi connectivity index (χ1) is 12.5. The minimum Gasteiger partial charge on any atom is -0.454 e. The van der Waals surface area contributed by atoms with Crippen molar-refractivity contribution in [1.29, 1.82) is 0 Å². The van der Waals surface area contributed by atoms with E-state index in [1.807, 2.05) is 0 Å². The van der Waals surface area contributed by atoms with Crippen molar-refractivity contribution in [2.45, 2.75) is 10.7 Å². The zero-order valence-electron chi connectivity index (χ0n) is 13.8. The number of halogens is 2. The summed E-state index contributed by atoms with van der Waals surface area (Å²) in [6, 6.07) is 7.79.